The summed E-state index contributed by atoms with van der Waals surface area (Å²) in [5, 5.41) is 6.36. The minimum atomic E-state index is -0.499. The summed E-state index contributed by atoms with van der Waals surface area (Å²) in [5.41, 5.74) is 1.63. The average Bonchev–Trinajstić information content (AvgIpc) is 3.50. The lowest BCUT2D eigenvalue weighted by Crippen LogP contribution is -2.32. The van der Waals surface area contributed by atoms with Gasteiger partial charge in [-0.3, -0.25) is 9.78 Å². The van der Waals surface area contributed by atoms with Crippen molar-refractivity contribution in [3.8, 4) is 11.3 Å². The second-order valence-corrected chi connectivity index (χ2v) is 8.69. The molecule has 0 bridgehead atoms. The number of thiocarbonyl (C=S) groups is 1. The first-order chi connectivity index (χ1) is 17.5. The fraction of sp³-hybridized carbons (Fsp3) is 0.148. The number of hydrogen-bond donors (Lipinski definition) is 2. The molecule has 0 aliphatic carbocycles. The van der Waals surface area contributed by atoms with Gasteiger partial charge in [0.05, 0.1) is 17.4 Å². The molecule has 0 unspecified atom stereocenters. The van der Waals surface area contributed by atoms with Crippen LogP contribution in [0.25, 0.3) is 11.3 Å². The molecule has 2 aromatic heterocycles. The molecular formula is C27H22F2N4O2S. The molecule has 0 spiro atoms. The van der Waals surface area contributed by atoms with E-state index >= 15 is 0 Å². The summed E-state index contributed by atoms with van der Waals surface area (Å²) in [6, 6.07) is 20.6. The van der Waals surface area contributed by atoms with Gasteiger partial charge in [-0.2, -0.15) is 0 Å². The molecule has 6 nitrogen and oxygen atoms in total. The summed E-state index contributed by atoms with van der Waals surface area (Å²) in [5.74, 6) is 0.0354. The van der Waals surface area contributed by atoms with Gasteiger partial charge in [-0.25, -0.2) is 8.78 Å². The van der Waals surface area contributed by atoms with Gasteiger partial charge in [-0.15, -0.1) is 0 Å². The first-order valence-electron chi connectivity index (χ1n) is 11.4. The van der Waals surface area contributed by atoms with Crippen LogP contribution in [0.15, 0.2) is 89.5 Å². The highest BCUT2D eigenvalue weighted by Crippen LogP contribution is 2.40. The standard InChI is InChI=1S/C27H22F2N4O2S/c28-18-10-8-17(9-11-18)22-12-13-23(35-22)26-25(21-7-3-4-15-30-21)32-27(36)33(26)16-14-24(34)31-20-6-2-1-5-19(20)29/h1-13,15,25-26H,14,16H2,(H,31,34)(H,32,36)/t25-,26-/m0/s1. The molecule has 1 aliphatic rings. The Bertz CT molecular complexity index is 1380. The molecule has 182 valence electrons. The van der Waals surface area contributed by atoms with E-state index in [9.17, 15) is 13.6 Å². The predicted octanol–water partition coefficient (Wildman–Crippen LogP) is 5.62. The quantitative estimate of drug-likeness (QED) is 0.319. The Morgan fingerprint density at radius 1 is 1.03 bits per heavy atom. The van der Waals surface area contributed by atoms with Crippen LogP contribution in [0.4, 0.5) is 14.5 Å². The maximum atomic E-state index is 13.9. The second kappa shape index (κ2) is 10.2. The first-order valence-corrected chi connectivity index (χ1v) is 11.8. The number of para-hydroxylation sites is 1. The van der Waals surface area contributed by atoms with Gasteiger partial charge in [0.2, 0.25) is 5.91 Å². The molecule has 2 aromatic carbocycles. The summed E-state index contributed by atoms with van der Waals surface area (Å²) >= 11 is 5.62. The van der Waals surface area contributed by atoms with Gasteiger partial charge in [0.15, 0.2) is 5.11 Å². The van der Waals surface area contributed by atoms with Crippen molar-refractivity contribution in [1.29, 1.82) is 0 Å². The van der Waals surface area contributed by atoms with E-state index in [0.29, 0.717) is 16.6 Å². The normalized spacial score (nSPS) is 17.2. The molecule has 2 atom stereocenters. The number of nitrogens with one attached hydrogen (secondary N) is 2. The van der Waals surface area contributed by atoms with Gasteiger partial charge < -0.3 is 20.0 Å². The highest BCUT2D eigenvalue weighted by Gasteiger charge is 2.41. The van der Waals surface area contributed by atoms with Crippen molar-refractivity contribution in [2.24, 2.45) is 0 Å². The van der Waals surface area contributed by atoms with Gasteiger partial charge in [0, 0.05) is 24.7 Å². The van der Waals surface area contributed by atoms with Crippen molar-refractivity contribution in [2.45, 2.75) is 18.5 Å². The van der Waals surface area contributed by atoms with Crippen molar-refractivity contribution in [1.82, 2.24) is 15.2 Å². The highest BCUT2D eigenvalue weighted by molar-refractivity contribution is 7.80. The van der Waals surface area contributed by atoms with Crippen LogP contribution >= 0.6 is 12.2 Å². The topological polar surface area (TPSA) is 70.4 Å². The molecule has 1 amide bonds. The molecule has 0 radical (unpaired) electrons. The van der Waals surface area contributed by atoms with Crippen molar-refractivity contribution >= 4 is 28.9 Å². The van der Waals surface area contributed by atoms with Crippen LogP contribution in [0, 0.1) is 11.6 Å². The van der Waals surface area contributed by atoms with Crippen LogP contribution in [0.1, 0.15) is 30.0 Å². The van der Waals surface area contributed by atoms with Gasteiger partial charge in [-0.05, 0) is 72.9 Å². The molecule has 2 N–H and O–H groups in total. The molecule has 4 aromatic rings. The van der Waals surface area contributed by atoms with Crippen molar-refractivity contribution in [3.63, 3.8) is 0 Å². The number of rotatable bonds is 7. The largest absolute Gasteiger partial charge is 0.459 e. The number of hydrogen-bond acceptors (Lipinski definition) is 4. The summed E-state index contributed by atoms with van der Waals surface area (Å²) in [4.78, 5) is 19.0. The van der Waals surface area contributed by atoms with Gasteiger partial charge in [0.1, 0.15) is 29.2 Å². The van der Waals surface area contributed by atoms with Crippen LogP contribution in [-0.4, -0.2) is 27.4 Å². The van der Waals surface area contributed by atoms with Crippen molar-refractivity contribution < 1.29 is 18.0 Å². The average molecular weight is 505 g/mol. The summed E-state index contributed by atoms with van der Waals surface area (Å²) in [7, 11) is 0. The van der Waals surface area contributed by atoms with Crippen molar-refractivity contribution in [2.75, 3.05) is 11.9 Å². The molecule has 5 rings (SSSR count). The Morgan fingerprint density at radius 3 is 2.56 bits per heavy atom. The number of nitrogens with zero attached hydrogens (tertiary/aromatic N) is 2. The zero-order valence-corrected chi connectivity index (χ0v) is 19.8. The molecule has 9 heteroatoms. The maximum Gasteiger partial charge on any atom is 0.226 e. The Morgan fingerprint density at radius 2 is 1.81 bits per heavy atom. The molecule has 1 fully saturated rings. The van der Waals surface area contributed by atoms with E-state index in [1.54, 1.807) is 30.5 Å². The fourth-order valence-electron chi connectivity index (χ4n) is 4.23. The van der Waals surface area contributed by atoms with E-state index in [-0.39, 0.29) is 42.5 Å². The smallest absolute Gasteiger partial charge is 0.226 e. The molecule has 36 heavy (non-hydrogen) atoms. The van der Waals surface area contributed by atoms with E-state index in [1.165, 1.54) is 24.3 Å². The number of carbonyl (C=O) groups excluding carboxylic acids is 1. The number of pyridine rings is 1. The molecular weight excluding hydrogens is 482 g/mol. The number of amides is 1. The zero-order chi connectivity index (χ0) is 25.1. The Labute approximate surface area is 212 Å². The van der Waals surface area contributed by atoms with Crippen molar-refractivity contribution in [3.05, 3.63) is 108 Å². The number of halogens is 2. The SMILES string of the molecule is O=C(CCN1C(=S)N[C@@H](c2ccccn2)[C@@H]1c1ccc(-c2ccc(F)cc2)o1)Nc1ccccc1F. The van der Waals surface area contributed by atoms with E-state index < -0.39 is 5.82 Å². The van der Waals surface area contributed by atoms with Crippen LogP contribution in [0.3, 0.4) is 0 Å². The number of anilines is 1. The number of furan rings is 1. The molecule has 0 saturated carbocycles. The van der Waals surface area contributed by atoms with Crippen LogP contribution in [-0.2, 0) is 4.79 Å². The molecule has 1 saturated heterocycles. The number of carbonyl (C=O) groups is 1. The fourth-order valence-corrected chi connectivity index (χ4v) is 4.57. The lowest BCUT2D eigenvalue weighted by Gasteiger charge is -2.25. The lowest BCUT2D eigenvalue weighted by molar-refractivity contribution is -0.116. The minimum Gasteiger partial charge on any atom is -0.459 e. The third-order valence-corrected chi connectivity index (χ3v) is 6.32. The van der Waals surface area contributed by atoms with Gasteiger partial charge in [-0.1, -0.05) is 18.2 Å². The Balaban J connectivity index is 1.40. The summed E-state index contributed by atoms with van der Waals surface area (Å²) < 4.78 is 33.5. The highest BCUT2D eigenvalue weighted by atomic mass is 32.1. The number of aromatic nitrogens is 1. The van der Waals surface area contributed by atoms with E-state index in [1.807, 2.05) is 35.2 Å². The Kier molecular flexibility index (Phi) is 6.73. The van der Waals surface area contributed by atoms with Gasteiger partial charge >= 0.3 is 0 Å². The third-order valence-electron chi connectivity index (χ3n) is 5.97. The van der Waals surface area contributed by atoms with E-state index in [4.69, 9.17) is 16.6 Å². The second-order valence-electron chi connectivity index (χ2n) is 8.31. The zero-order valence-electron chi connectivity index (χ0n) is 19.0. The molecule has 3 heterocycles. The maximum absolute atomic E-state index is 13.9. The number of benzene rings is 2. The van der Waals surface area contributed by atoms with Crippen LogP contribution in [0.2, 0.25) is 0 Å². The van der Waals surface area contributed by atoms with Crippen LogP contribution < -0.4 is 10.6 Å². The third kappa shape index (κ3) is 4.96. The predicted molar refractivity (Wildman–Crippen MR) is 136 cm³/mol. The molecule has 1 aliphatic heterocycles. The Hall–Kier alpha value is -4.11. The van der Waals surface area contributed by atoms with Gasteiger partial charge in [0.25, 0.3) is 0 Å². The summed E-state index contributed by atoms with van der Waals surface area (Å²) in [6.45, 7) is 0.271. The minimum absolute atomic E-state index is 0.0765. The van der Waals surface area contributed by atoms with E-state index in [0.717, 1.165) is 11.3 Å². The monoisotopic (exact) mass is 504 g/mol. The first kappa shape index (κ1) is 23.6. The van der Waals surface area contributed by atoms with Crippen LogP contribution in [0.5, 0.6) is 0 Å². The van der Waals surface area contributed by atoms with E-state index in [2.05, 4.69) is 15.6 Å². The summed E-state index contributed by atoms with van der Waals surface area (Å²) in [6.07, 6.45) is 1.78. The lowest BCUT2D eigenvalue weighted by atomic mass is 10.0.